The number of amides is 1. The van der Waals surface area contributed by atoms with Crippen molar-refractivity contribution >= 4 is 17.4 Å². The maximum atomic E-state index is 12.9. The smallest absolute Gasteiger partial charge is 0.384 e. The lowest BCUT2D eigenvalue weighted by atomic mass is 9.99. The van der Waals surface area contributed by atoms with Gasteiger partial charge >= 0.3 is 6.18 Å². The number of nitrogen functional groups attached to an aromatic ring is 1. The molecule has 0 unspecified atom stereocenters. The molecule has 33 heavy (non-hydrogen) atoms. The van der Waals surface area contributed by atoms with Gasteiger partial charge in [-0.15, -0.1) is 5.10 Å². The number of nitrogens with two attached hydrogens (primary N) is 1. The molecule has 1 amide bonds. The summed E-state index contributed by atoms with van der Waals surface area (Å²) in [6, 6.07) is 9.25. The zero-order valence-corrected chi connectivity index (χ0v) is 17.1. The minimum absolute atomic E-state index is 0.323. The van der Waals surface area contributed by atoms with Crippen LogP contribution in [-0.2, 0) is 6.18 Å². The molecule has 0 aliphatic heterocycles. The van der Waals surface area contributed by atoms with Gasteiger partial charge in [-0.3, -0.25) is 9.78 Å². The van der Waals surface area contributed by atoms with Crippen molar-refractivity contribution in [1.82, 2.24) is 25.1 Å². The Morgan fingerprint density at radius 2 is 1.79 bits per heavy atom. The molecular formula is C22H16F3N7O. The molecule has 0 radical (unpaired) electrons. The van der Waals surface area contributed by atoms with Crippen LogP contribution in [0.2, 0.25) is 0 Å². The number of aromatic nitrogens is 5. The van der Waals surface area contributed by atoms with Crippen LogP contribution < -0.4 is 11.1 Å². The van der Waals surface area contributed by atoms with E-state index in [1.807, 2.05) is 13.0 Å². The first-order chi connectivity index (χ1) is 15.7. The molecule has 0 atom stereocenters. The first kappa shape index (κ1) is 21.8. The van der Waals surface area contributed by atoms with Crippen LogP contribution in [0.15, 0.2) is 61.3 Å². The number of aryl methyl sites for hydroxylation is 1. The van der Waals surface area contributed by atoms with Crippen LogP contribution in [-0.4, -0.2) is 31.1 Å². The Morgan fingerprint density at radius 3 is 2.55 bits per heavy atom. The van der Waals surface area contributed by atoms with Crippen molar-refractivity contribution in [2.24, 2.45) is 0 Å². The molecule has 8 nitrogen and oxygen atoms in total. The molecule has 0 spiro atoms. The number of benzene rings is 1. The molecule has 166 valence electrons. The largest absolute Gasteiger partial charge is 0.418 e. The van der Waals surface area contributed by atoms with Crippen molar-refractivity contribution in [2.45, 2.75) is 13.1 Å². The van der Waals surface area contributed by atoms with Gasteiger partial charge in [0.15, 0.2) is 5.69 Å². The van der Waals surface area contributed by atoms with E-state index < -0.39 is 23.3 Å². The number of anilines is 2. The number of hydrogen-bond acceptors (Lipinski definition) is 7. The van der Waals surface area contributed by atoms with E-state index in [9.17, 15) is 18.0 Å². The molecule has 3 heterocycles. The first-order valence-electron chi connectivity index (χ1n) is 9.56. The van der Waals surface area contributed by atoms with E-state index in [1.54, 1.807) is 36.7 Å². The summed E-state index contributed by atoms with van der Waals surface area (Å²) < 4.78 is 38.7. The fourth-order valence-electron chi connectivity index (χ4n) is 3.10. The molecule has 0 aliphatic carbocycles. The highest BCUT2D eigenvalue weighted by molar-refractivity contribution is 6.03. The van der Waals surface area contributed by atoms with Crippen LogP contribution in [0.1, 0.15) is 21.6 Å². The highest BCUT2D eigenvalue weighted by atomic mass is 19.4. The summed E-state index contributed by atoms with van der Waals surface area (Å²) in [5.74, 6) is -0.490. The van der Waals surface area contributed by atoms with Crippen molar-refractivity contribution in [2.75, 3.05) is 11.1 Å². The summed E-state index contributed by atoms with van der Waals surface area (Å²) >= 11 is 0. The van der Waals surface area contributed by atoms with Gasteiger partial charge in [0, 0.05) is 35.3 Å². The number of carbonyl (C=O) groups excluding carboxylic acids is 1. The normalized spacial score (nSPS) is 11.3. The SMILES string of the molecule is Cc1ccc(NC(=O)c2cc(C(F)(F)F)cnn2)cc1-c1cncc(-c2cc(N)ncn2)c1. The van der Waals surface area contributed by atoms with Gasteiger partial charge in [0.25, 0.3) is 5.91 Å². The number of halogens is 3. The predicted octanol–water partition coefficient (Wildman–Crippen LogP) is 4.16. The molecule has 4 rings (SSSR count). The molecule has 3 N–H and O–H groups in total. The predicted molar refractivity (Wildman–Crippen MR) is 115 cm³/mol. The van der Waals surface area contributed by atoms with Crippen LogP contribution >= 0.6 is 0 Å². The molecular weight excluding hydrogens is 435 g/mol. The zero-order chi connectivity index (χ0) is 23.6. The lowest BCUT2D eigenvalue weighted by Gasteiger charge is -2.12. The second-order valence-electron chi connectivity index (χ2n) is 7.10. The van der Waals surface area contributed by atoms with Gasteiger partial charge < -0.3 is 11.1 Å². The fraction of sp³-hybridized carbons (Fsp3) is 0.0909. The van der Waals surface area contributed by atoms with Gasteiger partial charge in [-0.2, -0.15) is 18.3 Å². The van der Waals surface area contributed by atoms with Crippen LogP contribution in [0.25, 0.3) is 22.4 Å². The summed E-state index contributed by atoms with van der Waals surface area (Å²) in [5.41, 5.74) is 8.33. The van der Waals surface area contributed by atoms with Crippen LogP contribution in [0.4, 0.5) is 24.7 Å². The third-order valence-electron chi connectivity index (χ3n) is 4.74. The second kappa shape index (κ2) is 8.61. The van der Waals surface area contributed by atoms with E-state index in [0.29, 0.717) is 29.5 Å². The standard InChI is InChI=1S/C22H16F3N7O/c1-12-2-3-16(31-21(33)19-5-15(10-30-32-19)22(23,24)25)6-17(12)13-4-14(9-27-8-13)18-7-20(26)29-11-28-18/h2-11H,1H3,(H,31,33)(H2,26,28,29). The maximum Gasteiger partial charge on any atom is 0.418 e. The van der Waals surface area contributed by atoms with E-state index in [4.69, 9.17) is 5.73 Å². The van der Waals surface area contributed by atoms with Gasteiger partial charge in [-0.05, 0) is 42.3 Å². The molecule has 0 aliphatic rings. The van der Waals surface area contributed by atoms with Gasteiger partial charge in [0.05, 0.1) is 17.5 Å². The Morgan fingerprint density at radius 1 is 1.00 bits per heavy atom. The van der Waals surface area contributed by atoms with E-state index in [2.05, 4.69) is 30.5 Å². The van der Waals surface area contributed by atoms with Crippen LogP contribution in [0.3, 0.4) is 0 Å². The molecule has 0 fully saturated rings. The Hall–Kier alpha value is -4.41. The molecule has 0 saturated carbocycles. The number of pyridine rings is 1. The monoisotopic (exact) mass is 451 g/mol. The average Bonchev–Trinajstić information content (AvgIpc) is 2.80. The summed E-state index contributed by atoms with van der Waals surface area (Å²) in [5, 5.41) is 9.35. The number of rotatable bonds is 4. The Kier molecular flexibility index (Phi) is 5.69. The summed E-state index contributed by atoms with van der Waals surface area (Å²) in [6.45, 7) is 1.88. The average molecular weight is 451 g/mol. The number of nitrogens with one attached hydrogen (secondary N) is 1. The number of nitrogens with zero attached hydrogens (tertiary/aromatic N) is 5. The lowest BCUT2D eigenvalue weighted by molar-refractivity contribution is -0.137. The maximum absolute atomic E-state index is 12.9. The van der Waals surface area contributed by atoms with Crippen molar-refractivity contribution in [3.05, 3.63) is 78.1 Å². The van der Waals surface area contributed by atoms with Crippen molar-refractivity contribution in [3.8, 4) is 22.4 Å². The van der Waals surface area contributed by atoms with Gasteiger partial charge in [-0.1, -0.05) is 6.07 Å². The second-order valence-corrected chi connectivity index (χ2v) is 7.10. The Bertz CT molecular complexity index is 1340. The van der Waals surface area contributed by atoms with Crippen LogP contribution in [0.5, 0.6) is 0 Å². The highest BCUT2D eigenvalue weighted by Gasteiger charge is 2.32. The zero-order valence-electron chi connectivity index (χ0n) is 17.1. The quantitative estimate of drug-likeness (QED) is 0.478. The molecule has 4 aromatic rings. The fourth-order valence-corrected chi connectivity index (χ4v) is 3.10. The van der Waals surface area contributed by atoms with Gasteiger partial charge in [0.1, 0.15) is 12.1 Å². The summed E-state index contributed by atoms with van der Waals surface area (Å²) in [6.07, 6.45) is 0.578. The first-order valence-corrected chi connectivity index (χ1v) is 9.56. The van der Waals surface area contributed by atoms with Crippen molar-refractivity contribution in [3.63, 3.8) is 0 Å². The van der Waals surface area contributed by atoms with Gasteiger partial charge in [-0.25, -0.2) is 9.97 Å². The number of alkyl halides is 3. The van der Waals surface area contributed by atoms with Crippen molar-refractivity contribution in [1.29, 1.82) is 0 Å². The minimum Gasteiger partial charge on any atom is -0.384 e. The van der Waals surface area contributed by atoms with Crippen LogP contribution in [0, 0.1) is 6.92 Å². The molecule has 3 aromatic heterocycles. The Labute approximate surface area is 185 Å². The summed E-state index contributed by atoms with van der Waals surface area (Å²) in [7, 11) is 0. The highest BCUT2D eigenvalue weighted by Crippen LogP contribution is 2.30. The molecule has 11 heteroatoms. The van der Waals surface area contributed by atoms with E-state index >= 15 is 0 Å². The van der Waals surface area contributed by atoms with E-state index in [1.165, 1.54) is 6.33 Å². The number of hydrogen-bond donors (Lipinski definition) is 2. The van der Waals surface area contributed by atoms with E-state index in [0.717, 1.165) is 22.3 Å². The third-order valence-corrected chi connectivity index (χ3v) is 4.74. The van der Waals surface area contributed by atoms with E-state index in [-0.39, 0.29) is 0 Å². The van der Waals surface area contributed by atoms with Gasteiger partial charge in [0.2, 0.25) is 0 Å². The topological polar surface area (TPSA) is 120 Å². The minimum atomic E-state index is -4.63. The molecule has 1 aromatic carbocycles. The number of carbonyl (C=O) groups is 1. The van der Waals surface area contributed by atoms with Crippen molar-refractivity contribution < 1.29 is 18.0 Å². The lowest BCUT2D eigenvalue weighted by Crippen LogP contribution is -2.16. The molecule has 0 bridgehead atoms. The third kappa shape index (κ3) is 4.92. The Balaban J connectivity index is 1.63. The molecule has 0 saturated heterocycles. The summed E-state index contributed by atoms with van der Waals surface area (Å²) in [4.78, 5) is 24.8.